The SMILES string of the molecule is CCCCCC/C=C\C/C=C\CCCCCCCCCC(=O)OCCCCCCCCCCCCCCCCCC/C=C\CCCCCCCCCCCCCCCCCCCC(=O)NC(CO)C(O)/C=C/CCCCCCCCCCCC. The number of hydrogen-bond acceptors (Lipinski definition) is 5. The highest BCUT2D eigenvalue weighted by molar-refractivity contribution is 5.76. The fourth-order valence-electron chi connectivity index (χ4n) is 11.8. The van der Waals surface area contributed by atoms with E-state index in [1.807, 2.05) is 6.08 Å². The minimum atomic E-state index is -0.841. The van der Waals surface area contributed by atoms with E-state index in [9.17, 15) is 19.8 Å². The molecule has 0 aliphatic carbocycles. The number of rotatable bonds is 71. The van der Waals surface area contributed by atoms with E-state index < -0.39 is 12.1 Å². The first-order chi connectivity index (χ1) is 41.5. The minimum absolute atomic E-state index is 0.0141. The molecule has 0 radical (unpaired) electrons. The second kappa shape index (κ2) is 73.3. The molecule has 84 heavy (non-hydrogen) atoms. The van der Waals surface area contributed by atoms with Crippen LogP contribution in [0.25, 0.3) is 0 Å². The van der Waals surface area contributed by atoms with Gasteiger partial charge in [0.05, 0.1) is 25.4 Å². The van der Waals surface area contributed by atoms with E-state index in [4.69, 9.17) is 4.74 Å². The fraction of sp³-hybridized carbons (Fsp3) is 0.872. The third kappa shape index (κ3) is 68.9. The third-order valence-electron chi connectivity index (χ3n) is 17.6. The van der Waals surface area contributed by atoms with Crippen LogP contribution in [0.15, 0.2) is 48.6 Å². The van der Waals surface area contributed by atoms with Crippen LogP contribution < -0.4 is 5.32 Å². The van der Waals surface area contributed by atoms with Gasteiger partial charge in [0.2, 0.25) is 5.91 Å². The van der Waals surface area contributed by atoms with Crippen molar-refractivity contribution in [2.75, 3.05) is 13.2 Å². The van der Waals surface area contributed by atoms with Crippen molar-refractivity contribution in [1.29, 1.82) is 0 Å². The zero-order chi connectivity index (χ0) is 60.6. The van der Waals surface area contributed by atoms with E-state index in [0.29, 0.717) is 19.4 Å². The number of unbranched alkanes of at least 4 members (excludes halogenated alkanes) is 54. The van der Waals surface area contributed by atoms with Gasteiger partial charge in [-0.3, -0.25) is 9.59 Å². The highest BCUT2D eigenvalue weighted by Crippen LogP contribution is 2.19. The number of carbonyl (C=O) groups is 2. The average molecular weight is 1180 g/mol. The molecular weight excluding hydrogens is 1030 g/mol. The standard InChI is InChI=1S/C78H147NO5/c1-3-5-7-9-11-13-15-17-18-19-42-45-48-52-56-60-64-68-72-78(83)84-73-69-65-61-57-53-49-46-43-40-38-36-34-32-30-28-26-24-22-20-21-23-25-27-29-31-33-35-37-39-41-44-47-51-55-59-63-67-71-77(82)79-75(74-80)76(81)70-66-62-58-54-50-16-14-12-10-8-6-4-2/h13,15,18-20,22,66,70,75-76,80-81H,3-12,14,16-17,21,23-65,67-69,71-74H2,1-2H3,(H,79,82)/b15-13-,19-18-,22-20-,70-66+. The third-order valence-corrected chi connectivity index (χ3v) is 17.6. The Morgan fingerprint density at radius 3 is 0.929 bits per heavy atom. The first-order valence-electron chi connectivity index (χ1n) is 37.9. The van der Waals surface area contributed by atoms with Gasteiger partial charge in [-0.1, -0.05) is 358 Å². The quantitative estimate of drug-likeness (QED) is 0.0320. The number of carbonyl (C=O) groups excluding carboxylic acids is 2. The summed E-state index contributed by atoms with van der Waals surface area (Å²) in [6.07, 6.45) is 96.6. The number of nitrogens with one attached hydrogen (secondary N) is 1. The van der Waals surface area contributed by atoms with Gasteiger partial charge in [0, 0.05) is 12.8 Å². The Morgan fingerprint density at radius 2 is 0.595 bits per heavy atom. The van der Waals surface area contributed by atoms with Crippen molar-refractivity contribution in [3.8, 4) is 0 Å². The molecule has 2 atom stereocenters. The van der Waals surface area contributed by atoms with Crippen LogP contribution in [0.2, 0.25) is 0 Å². The lowest BCUT2D eigenvalue weighted by Gasteiger charge is -2.20. The monoisotopic (exact) mass is 1180 g/mol. The summed E-state index contributed by atoms with van der Waals surface area (Å²) in [6.45, 7) is 4.90. The number of allylic oxidation sites excluding steroid dienone is 7. The molecule has 6 nitrogen and oxygen atoms in total. The van der Waals surface area contributed by atoms with Gasteiger partial charge in [0.25, 0.3) is 0 Å². The van der Waals surface area contributed by atoms with Crippen molar-refractivity contribution in [3.05, 3.63) is 48.6 Å². The van der Waals surface area contributed by atoms with E-state index in [-0.39, 0.29) is 18.5 Å². The Labute approximate surface area is 525 Å². The van der Waals surface area contributed by atoms with Gasteiger partial charge in [-0.15, -0.1) is 0 Å². The van der Waals surface area contributed by atoms with Crippen LogP contribution in [0.1, 0.15) is 412 Å². The molecular formula is C78H147NO5. The first-order valence-corrected chi connectivity index (χ1v) is 37.9. The molecule has 1 amide bonds. The molecule has 0 bridgehead atoms. The Hall–Kier alpha value is -2.18. The van der Waals surface area contributed by atoms with E-state index in [1.54, 1.807) is 6.08 Å². The molecule has 0 rings (SSSR count). The summed E-state index contributed by atoms with van der Waals surface area (Å²) >= 11 is 0. The van der Waals surface area contributed by atoms with Crippen LogP contribution in [-0.2, 0) is 14.3 Å². The van der Waals surface area contributed by atoms with Crippen molar-refractivity contribution in [1.82, 2.24) is 5.32 Å². The molecule has 0 saturated carbocycles. The first kappa shape index (κ1) is 81.8. The normalized spacial score (nSPS) is 12.8. The maximum Gasteiger partial charge on any atom is 0.305 e. The molecule has 0 saturated heterocycles. The average Bonchev–Trinajstić information content (AvgIpc) is 3.51. The zero-order valence-electron chi connectivity index (χ0n) is 56.6. The summed E-state index contributed by atoms with van der Waals surface area (Å²) in [6, 6.07) is -0.624. The van der Waals surface area contributed by atoms with Crippen LogP contribution >= 0.6 is 0 Å². The summed E-state index contributed by atoms with van der Waals surface area (Å²) in [5, 5.41) is 23.1. The Balaban J connectivity index is 3.32. The van der Waals surface area contributed by atoms with Gasteiger partial charge < -0.3 is 20.3 Å². The summed E-state index contributed by atoms with van der Waals surface area (Å²) in [5.41, 5.74) is 0. The summed E-state index contributed by atoms with van der Waals surface area (Å²) in [5.74, 6) is -0.0492. The van der Waals surface area contributed by atoms with Crippen molar-refractivity contribution >= 4 is 11.9 Å². The largest absolute Gasteiger partial charge is 0.466 e. The molecule has 0 aromatic heterocycles. The van der Waals surface area contributed by atoms with Crippen LogP contribution in [0.5, 0.6) is 0 Å². The highest BCUT2D eigenvalue weighted by Gasteiger charge is 2.18. The predicted octanol–water partition coefficient (Wildman–Crippen LogP) is 24.8. The van der Waals surface area contributed by atoms with Gasteiger partial charge in [-0.25, -0.2) is 0 Å². The zero-order valence-corrected chi connectivity index (χ0v) is 56.6. The number of ether oxygens (including phenoxy) is 1. The van der Waals surface area contributed by atoms with E-state index in [0.717, 1.165) is 51.4 Å². The summed E-state index contributed by atoms with van der Waals surface area (Å²) in [4.78, 5) is 24.6. The molecule has 494 valence electrons. The fourth-order valence-corrected chi connectivity index (χ4v) is 11.8. The van der Waals surface area contributed by atoms with Gasteiger partial charge in [0.15, 0.2) is 0 Å². The Bertz CT molecular complexity index is 1400. The molecule has 0 aromatic carbocycles. The van der Waals surface area contributed by atoms with Gasteiger partial charge >= 0.3 is 5.97 Å². The number of amides is 1. The van der Waals surface area contributed by atoms with E-state index >= 15 is 0 Å². The van der Waals surface area contributed by atoms with Crippen molar-refractivity contribution in [3.63, 3.8) is 0 Å². The van der Waals surface area contributed by atoms with E-state index in [1.165, 1.54) is 334 Å². The molecule has 0 aliphatic rings. The highest BCUT2D eigenvalue weighted by atomic mass is 16.5. The van der Waals surface area contributed by atoms with Crippen molar-refractivity contribution in [2.45, 2.75) is 424 Å². The summed E-state index contributed by atoms with van der Waals surface area (Å²) in [7, 11) is 0. The molecule has 0 aromatic rings. The van der Waals surface area contributed by atoms with Crippen molar-refractivity contribution in [2.24, 2.45) is 0 Å². The van der Waals surface area contributed by atoms with E-state index in [2.05, 4.69) is 55.6 Å². The van der Waals surface area contributed by atoms with Gasteiger partial charge in [-0.2, -0.15) is 0 Å². The van der Waals surface area contributed by atoms with Crippen LogP contribution in [-0.4, -0.2) is 47.4 Å². The Morgan fingerprint density at radius 1 is 0.333 bits per heavy atom. The Kier molecular flexibility index (Phi) is 71.4. The maximum absolute atomic E-state index is 12.5. The van der Waals surface area contributed by atoms with Crippen LogP contribution in [0, 0.1) is 0 Å². The number of aliphatic hydroxyl groups excluding tert-OH is 2. The smallest absolute Gasteiger partial charge is 0.305 e. The lowest BCUT2D eigenvalue weighted by Crippen LogP contribution is -2.45. The number of hydrogen-bond donors (Lipinski definition) is 3. The molecule has 0 aliphatic heterocycles. The topological polar surface area (TPSA) is 95.9 Å². The maximum atomic E-state index is 12.5. The van der Waals surface area contributed by atoms with Crippen molar-refractivity contribution < 1.29 is 24.5 Å². The molecule has 0 fully saturated rings. The van der Waals surface area contributed by atoms with Gasteiger partial charge in [0.1, 0.15) is 0 Å². The van der Waals surface area contributed by atoms with Gasteiger partial charge in [-0.05, 0) is 89.9 Å². The summed E-state index contributed by atoms with van der Waals surface area (Å²) < 4.78 is 5.51. The molecule has 0 heterocycles. The second-order valence-corrected chi connectivity index (χ2v) is 26.0. The number of aliphatic hydroxyl groups is 2. The molecule has 3 N–H and O–H groups in total. The predicted molar refractivity (Wildman–Crippen MR) is 370 cm³/mol. The van der Waals surface area contributed by atoms with Crippen LogP contribution in [0.3, 0.4) is 0 Å². The van der Waals surface area contributed by atoms with Crippen LogP contribution in [0.4, 0.5) is 0 Å². The minimum Gasteiger partial charge on any atom is -0.466 e. The second-order valence-electron chi connectivity index (χ2n) is 26.0. The lowest BCUT2D eigenvalue weighted by atomic mass is 10.0. The lowest BCUT2D eigenvalue weighted by molar-refractivity contribution is -0.143. The molecule has 6 heteroatoms. The molecule has 0 spiro atoms. The number of esters is 1. The molecule has 2 unspecified atom stereocenters.